The van der Waals surface area contributed by atoms with E-state index in [-0.39, 0.29) is 18.1 Å². The molecule has 0 aromatic heterocycles. The highest BCUT2D eigenvalue weighted by Crippen LogP contribution is 2.21. The Labute approximate surface area is 168 Å². The predicted octanol–water partition coefficient (Wildman–Crippen LogP) is 3.91. The van der Waals surface area contributed by atoms with Crippen molar-refractivity contribution in [2.45, 2.75) is 26.0 Å². The molecule has 0 aliphatic heterocycles. The molecule has 0 bridgehead atoms. The Kier molecular flexibility index (Phi) is 8.08. The average Bonchev–Trinajstić information content (AvgIpc) is 2.66. The lowest BCUT2D eigenvalue weighted by Gasteiger charge is -2.25. The SMILES string of the molecule is COc1ccc(C(CNC(=O)/C=C/c2cccc(OC(C)C)c2)N(C)C)cc1. The predicted molar refractivity (Wildman–Crippen MR) is 114 cm³/mol. The summed E-state index contributed by atoms with van der Waals surface area (Å²) in [5, 5.41) is 2.98. The van der Waals surface area contributed by atoms with Gasteiger partial charge in [-0.25, -0.2) is 0 Å². The third kappa shape index (κ3) is 6.74. The second-order valence-electron chi connectivity index (χ2n) is 7.07. The van der Waals surface area contributed by atoms with Crippen molar-refractivity contribution in [2.75, 3.05) is 27.7 Å². The fraction of sp³-hybridized carbons (Fsp3) is 0.348. The van der Waals surface area contributed by atoms with Gasteiger partial charge in [-0.3, -0.25) is 4.79 Å². The topological polar surface area (TPSA) is 50.8 Å². The summed E-state index contributed by atoms with van der Waals surface area (Å²) in [4.78, 5) is 14.4. The number of rotatable bonds is 9. The van der Waals surface area contributed by atoms with Crippen molar-refractivity contribution in [2.24, 2.45) is 0 Å². The van der Waals surface area contributed by atoms with Gasteiger partial charge in [0.2, 0.25) is 5.91 Å². The monoisotopic (exact) mass is 382 g/mol. The lowest BCUT2D eigenvalue weighted by atomic mass is 10.1. The molecule has 0 saturated carbocycles. The molecule has 0 aliphatic rings. The van der Waals surface area contributed by atoms with Gasteiger partial charge in [0.15, 0.2) is 0 Å². The fourth-order valence-corrected chi connectivity index (χ4v) is 2.82. The first-order valence-corrected chi connectivity index (χ1v) is 9.42. The molecular weight excluding hydrogens is 352 g/mol. The van der Waals surface area contributed by atoms with Crippen molar-refractivity contribution in [1.82, 2.24) is 10.2 Å². The van der Waals surface area contributed by atoms with Crippen LogP contribution in [0.2, 0.25) is 0 Å². The molecule has 28 heavy (non-hydrogen) atoms. The van der Waals surface area contributed by atoms with Crippen LogP contribution in [0.1, 0.15) is 31.0 Å². The molecule has 0 heterocycles. The molecule has 2 aromatic carbocycles. The number of benzene rings is 2. The molecule has 5 heteroatoms. The van der Waals surface area contributed by atoms with Gasteiger partial charge in [0.1, 0.15) is 11.5 Å². The zero-order chi connectivity index (χ0) is 20.5. The maximum absolute atomic E-state index is 12.3. The van der Waals surface area contributed by atoms with Crippen LogP contribution in [0.5, 0.6) is 11.5 Å². The van der Waals surface area contributed by atoms with Crippen LogP contribution in [0.4, 0.5) is 0 Å². The minimum atomic E-state index is -0.129. The minimum absolute atomic E-state index is 0.0750. The number of carbonyl (C=O) groups excluding carboxylic acids is 1. The summed E-state index contributed by atoms with van der Waals surface area (Å²) in [6, 6.07) is 15.7. The number of nitrogens with one attached hydrogen (secondary N) is 1. The van der Waals surface area contributed by atoms with E-state index in [0.29, 0.717) is 6.54 Å². The van der Waals surface area contributed by atoms with Crippen LogP contribution in [-0.2, 0) is 4.79 Å². The highest BCUT2D eigenvalue weighted by molar-refractivity contribution is 5.91. The smallest absolute Gasteiger partial charge is 0.244 e. The van der Waals surface area contributed by atoms with E-state index in [1.165, 1.54) is 0 Å². The number of nitrogens with zero attached hydrogens (tertiary/aromatic N) is 1. The summed E-state index contributed by atoms with van der Waals surface area (Å²) < 4.78 is 10.9. The Morgan fingerprint density at radius 2 is 1.82 bits per heavy atom. The zero-order valence-electron chi connectivity index (χ0n) is 17.3. The first-order valence-electron chi connectivity index (χ1n) is 9.42. The lowest BCUT2D eigenvalue weighted by Crippen LogP contribution is -2.33. The van der Waals surface area contributed by atoms with Gasteiger partial charge in [0, 0.05) is 12.6 Å². The van der Waals surface area contributed by atoms with E-state index in [1.807, 2.05) is 76.5 Å². The van der Waals surface area contributed by atoms with Gasteiger partial charge >= 0.3 is 0 Å². The summed E-state index contributed by atoms with van der Waals surface area (Å²) in [6.07, 6.45) is 3.46. The maximum Gasteiger partial charge on any atom is 0.244 e. The van der Waals surface area contributed by atoms with Crippen molar-refractivity contribution in [3.8, 4) is 11.5 Å². The van der Waals surface area contributed by atoms with Gasteiger partial charge in [-0.05, 0) is 69.4 Å². The highest BCUT2D eigenvalue weighted by atomic mass is 16.5. The molecule has 2 aromatic rings. The molecule has 0 saturated heterocycles. The second kappa shape index (κ2) is 10.5. The van der Waals surface area contributed by atoms with Crippen molar-refractivity contribution < 1.29 is 14.3 Å². The molecule has 1 atom stereocenters. The van der Waals surface area contributed by atoms with Crippen LogP contribution in [0, 0.1) is 0 Å². The van der Waals surface area contributed by atoms with E-state index < -0.39 is 0 Å². The fourth-order valence-electron chi connectivity index (χ4n) is 2.82. The van der Waals surface area contributed by atoms with Gasteiger partial charge in [-0.1, -0.05) is 24.3 Å². The Hall–Kier alpha value is -2.79. The molecule has 5 nitrogen and oxygen atoms in total. The summed E-state index contributed by atoms with van der Waals surface area (Å²) in [5.41, 5.74) is 2.04. The molecule has 1 N–H and O–H groups in total. The molecule has 2 rings (SSSR count). The number of hydrogen-bond donors (Lipinski definition) is 1. The van der Waals surface area contributed by atoms with Crippen LogP contribution in [0.15, 0.2) is 54.6 Å². The number of carbonyl (C=O) groups is 1. The summed E-state index contributed by atoms with van der Waals surface area (Å²) >= 11 is 0. The quantitative estimate of drug-likeness (QED) is 0.668. The largest absolute Gasteiger partial charge is 0.497 e. The second-order valence-corrected chi connectivity index (χ2v) is 7.07. The first-order chi connectivity index (χ1) is 13.4. The third-order valence-corrected chi connectivity index (χ3v) is 4.25. The van der Waals surface area contributed by atoms with Crippen molar-refractivity contribution >= 4 is 12.0 Å². The number of likely N-dealkylation sites (N-methyl/N-ethyl adjacent to an activating group) is 1. The molecule has 1 amide bonds. The van der Waals surface area contributed by atoms with Crippen LogP contribution in [0.25, 0.3) is 6.08 Å². The highest BCUT2D eigenvalue weighted by Gasteiger charge is 2.14. The Morgan fingerprint density at radius 1 is 1.11 bits per heavy atom. The first kappa shape index (κ1) is 21.5. The molecule has 150 valence electrons. The van der Waals surface area contributed by atoms with Gasteiger partial charge in [-0.2, -0.15) is 0 Å². The van der Waals surface area contributed by atoms with Crippen molar-refractivity contribution in [3.63, 3.8) is 0 Å². The van der Waals surface area contributed by atoms with Gasteiger partial charge in [0.25, 0.3) is 0 Å². The molecule has 0 spiro atoms. The maximum atomic E-state index is 12.3. The zero-order valence-corrected chi connectivity index (χ0v) is 17.3. The third-order valence-electron chi connectivity index (χ3n) is 4.25. The van der Waals surface area contributed by atoms with Crippen LogP contribution in [-0.4, -0.2) is 44.7 Å². The molecule has 0 radical (unpaired) electrons. The standard InChI is InChI=1S/C23H30N2O3/c1-17(2)28-21-8-6-7-18(15-21)9-14-23(26)24-16-22(25(3)4)19-10-12-20(27-5)13-11-19/h6-15,17,22H,16H2,1-5H3,(H,24,26)/b14-9+. The number of methoxy groups -OCH3 is 1. The average molecular weight is 383 g/mol. The van der Waals surface area contributed by atoms with E-state index in [9.17, 15) is 4.79 Å². The van der Waals surface area contributed by atoms with Crippen LogP contribution in [0.3, 0.4) is 0 Å². The minimum Gasteiger partial charge on any atom is -0.497 e. The summed E-state index contributed by atoms with van der Waals surface area (Å²) in [7, 11) is 5.64. The number of amides is 1. The van der Waals surface area contributed by atoms with E-state index in [0.717, 1.165) is 22.6 Å². The molecule has 0 aliphatic carbocycles. The summed E-state index contributed by atoms with van der Waals surface area (Å²) in [5.74, 6) is 1.48. The molecular formula is C23H30N2O3. The number of hydrogen-bond acceptors (Lipinski definition) is 4. The lowest BCUT2D eigenvalue weighted by molar-refractivity contribution is -0.116. The van der Waals surface area contributed by atoms with Gasteiger partial charge in [-0.15, -0.1) is 0 Å². The van der Waals surface area contributed by atoms with E-state index in [4.69, 9.17) is 9.47 Å². The summed E-state index contributed by atoms with van der Waals surface area (Å²) in [6.45, 7) is 4.49. The molecule has 0 fully saturated rings. The van der Waals surface area contributed by atoms with Gasteiger partial charge < -0.3 is 19.7 Å². The molecule has 1 unspecified atom stereocenters. The van der Waals surface area contributed by atoms with Gasteiger partial charge in [0.05, 0.1) is 19.3 Å². The van der Waals surface area contributed by atoms with E-state index in [2.05, 4.69) is 10.2 Å². The van der Waals surface area contributed by atoms with Crippen molar-refractivity contribution in [3.05, 3.63) is 65.7 Å². The normalized spacial score (nSPS) is 12.4. The van der Waals surface area contributed by atoms with E-state index >= 15 is 0 Å². The Morgan fingerprint density at radius 3 is 2.43 bits per heavy atom. The Balaban J connectivity index is 1.96. The Bertz CT molecular complexity index is 783. The van der Waals surface area contributed by atoms with Crippen LogP contribution >= 0.6 is 0 Å². The van der Waals surface area contributed by atoms with Crippen molar-refractivity contribution in [1.29, 1.82) is 0 Å². The van der Waals surface area contributed by atoms with Crippen LogP contribution < -0.4 is 14.8 Å². The van der Waals surface area contributed by atoms with E-state index in [1.54, 1.807) is 19.3 Å². The number of ether oxygens (including phenoxy) is 2.